The Balaban J connectivity index is 1.64. The fourth-order valence-electron chi connectivity index (χ4n) is 3.51. The van der Waals surface area contributed by atoms with Crippen molar-refractivity contribution in [3.05, 3.63) is 58.6 Å². The molecule has 1 aromatic carbocycles. The summed E-state index contributed by atoms with van der Waals surface area (Å²) >= 11 is 1.70. The molecule has 1 aliphatic heterocycles. The summed E-state index contributed by atoms with van der Waals surface area (Å²) in [5, 5.41) is 5.97. The van der Waals surface area contributed by atoms with E-state index in [9.17, 15) is 4.79 Å². The summed E-state index contributed by atoms with van der Waals surface area (Å²) in [4.78, 5) is 20.7. The first-order valence-corrected chi connectivity index (χ1v) is 9.77. The lowest BCUT2D eigenvalue weighted by molar-refractivity contribution is 0.0561. The molecule has 0 N–H and O–H groups in total. The van der Waals surface area contributed by atoms with Crippen molar-refractivity contribution in [1.29, 1.82) is 0 Å². The molecule has 0 radical (unpaired) electrons. The molecule has 0 aliphatic carbocycles. The number of carbonyl (C=O) groups excluding carboxylic acids is 1. The van der Waals surface area contributed by atoms with Crippen LogP contribution in [0.15, 0.2) is 40.2 Å². The predicted octanol–water partition coefficient (Wildman–Crippen LogP) is 4.78. The highest BCUT2D eigenvalue weighted by Crippen LogP contribution is 2.33. The number of aryl methyl sites for hydroxylation is 2. The van der Waals surface area contributed by atoms with Crippen molar-refractivity contribution in [2.45, 2.75) is 39.2 Å². The van der Waals surface area contributed by atoms with Crippen molar-refractivity contribution in [1.82, 2.24) is 15.0 Å². The number of thiophene rings is 1. The van der Waals surface area contributed by atoms with E-state index in [0.717, 1.165) is 24.8 Å². The highest BCUT2D eigenvalue weighted by molar-refractivity contribution is 7.13. The van der Waals surface area contributed by atoms with Crippen LogP contribution in [0.5, 0.6) is 0 Å². The second-order valence-electron chi connectivity index (χ2n) is 6.70. The highest BCUT2D eigenvalue weighted by Gasteiger charge is 2.32. The van der Waals surface area contributed by atoms with Crippen LogP contribution in [0.2, 0.25) is 0 Å². The Labute approximate surface area is 156 Å². The fraction of sp³-hybridized carbons (Fsp3) is 0.350. The molecular formula is C20H21N3O2S. The van der Waals surface area contributed by atoms with Gasteiger partial charge >= 0.3 is 0 Å². The minimum Gasteiger partial charge on any atom is -0.337 e. The summed E-state index contributed by atoms with van der Waals surface area (Å²) in [5.74, 6) is 1.18. The molecule has 0 spiro atoms. The van der Waals surface area contributed by atoms with Gasteiger partial charge in [0.1, 0.15) is 6.04 Å². The van der Waals surface area contributed by atoms with Crippen molar-refractivity contribution in [2.24, 2.45) is 0 Å². The van der Waals surface area contributed by atoms with Gasteiger partial charge in [0.25, 0.3) is 5.91 Å². The molecule has 2 aromatic heterocycles. The standard InChI is InChI=1S/C20H21N3O2S/c1-13-9-11-26-18(13)15-6-5-7-16(12-15)20(24)23-10-4-3-8-17(23)19-21-14(2)22-25-19/h5-7,9,11-12,17H,3-4,8,10H2,1-2H3/t17-/m1/s1. The molecule has 4 rings (SSSR count). The van der Waals surface area contributed by atoms with Gasteiger partial charge in [-0.05, 0) is 67.8 Å². The number of benzene rings is 1. The molecular weight excluding hydrogens is 346 g/mol. The van der Waals surface area contributed by atoms with Gasteiger partial charge in [-0.3, -0.25) is 4.79 Å². The Kier molecular flexibility index (Phi) is 4.59. The number of nitrogens with zero attached hydrogens (tertiary/aromatic N) is 3. The van der Waals surface area contributed by atoms with Gasteiger partial charge < -0.3 is 9.42 Å². The Hall–Kier alpha value is -2.47. The second kappa shape index (κ2) is 7.03. The predicted molar refractivity (Wildman–Crippen MR) is 101 cm³/mol. The van der Waals surface area contributed by atoms with Gasteiger partial charge in [0.2, 0.25) is 5.89 Å². The molecule has 1 fully saturated rings. The summed E-state index contributed by atoms with van der Waals surface area (Å²) in [5.41, 5.74) is 3.03. The van der Waals surface area contributed by atoms with Crippen LogP contribution in [0.25, 0.3) is 10.4 Å². The lowest BCUT2D eigenvalue weighted by atomic mass is 9.99. The average Bonchev–Trinajstić information content (AvgIpc) is 3.29. The van der Waals surface area contributed by atoms with Crippen LogP contribution in [0, 0.1) is 13.8 Å². The van der Waals surface area contributed by atoms with Gasteiger partial charge in [0.05, 0.1) is 0 Å². The maximum atomic E-state index is 13.2. The number of amides is 1. The van der Waals surface area contributed by atoms with Crippen LogP contribution in [0.3, 0.4) is 0 Å². The van der Waals surface area contributed by atoms with E-state index < -0.39 is 0 Å². The highest BCUT2D eigenvalue weighted by atomic mass is 32.1. The van der Waals surface area contributed by atoms with Crippen LogP contribution in [-0.4, -0.2) is 27.5 Å². The Bertz CT molecular complexity index is 931. The van der Waals surface area contributed by atoms with Gasteiger partial charge in [0.15, 0.2) is 5.82 Å². The van der Waals surface area contributed by atoms with Gasteiger partial charge in [0, 0.05) is 17.0 Å². The lowest BCUT2D eigenvalue weighted by Crippen LogP contribution is -2.38. The van der Waals surface area contributed by atoms with Crippen molar-refractivity contribution >= 4 is 17.2 Å². The van der Waals surface area contributed by atoms with Crippen molar-refractivity contribution < 1.29 is 9.32 Å². The molecule has 0 unspecified atom stereocenters. The first-order valence-electron chi connectivity index (χ1n) is 8.89. The van der Waals surface area contributed by atoms with E-state index in [0.29, 0.717) is 23.8 Å². The van der Waals surface area contributed by atoms with E-state index in [1.54, 1.807) is 18.3 Å². The molecule has 26 heavy (non-hydrogen) atoms. The first kappa shape index (κ1) is 17.0. The number of aromatic nitrogens is 2. The van der Waals surface area contributed by atoms with Gasteiger partial charge in [-0.15, -0.1) is 11.3 Å². The molecule has 134 valence electrons. The summed E-state index contributed by atoms with van der Waals surface area (Å²) in [6.45, 7) is 4.61. The van der Waals surface area contributed by atoms with Crippen LogP contribution in [0.4, 0.5) is 0 Å². The van der Waals surface area contributed by atoms with Crippen LogP contribution >= 0.6 is 11.3 Å². The molecule has 6 heteroatoms. The molecule has 1 aliphatic rings. The number of likely N-dealkylation sites (tertiary alicyclic amines) is 1. The van der Waals surface area contributed by atoms with Gasteiger partial charge in [-0.2, -0.15) is 4.98 Å². The summed E-state index contributed by atoms with van der Waals surface area (Å²) in [7, 11) is 0. The van der Waals surface area contributed by atoms with Crippen molar-refractivity contribution in [3.63, 3.8) is 0 Å². The van der Waals surface area contributed by atoms with Crippen LogP contribution in [0.1, 0.15) is 52.9 Å². The monoisotopic (exact) mass is 367 g/mol. The third kappa shape index (κ3) is 3.17. The number of rotatable bonds is 3. The number of carbonyl (C=O) groups is 1. The lowest BCUT2D eigenvalue weighted by Gasteiger charge is -2.33. The van der Waals surface area contributed by atoms with E-state index in [1.807, 2.05) is 23.1 Å². The molecule has 3 aromatic rings. The molecule has 0 saturated carbocycles. The average molecular weight is 367 g/mol. The third-order valence-electron chi connectivity index (χ3n) is 4.83. The molecule has 1 atom stereocenters. The van der Waals surface area contributed by atoms with Gasteiger partial charge in [-0.25, -0.2) is 0 Å². The zero-order valence-electron chi connectivity index (χ0n) is 14.9. The van der Waals surface area contributed by atoms with Crippen LogP contribution in [-0.2, 0) is 0 Å². The van der Waals surface area contributed by atoms with E-state index in [-0.39, 0.29) is 11.9 Å². The first-order chi connectivity index (χ1) is 12.6. The maximum absolute atomic E-state index is 13.2. The molecule has 1 amide bonds. The smallest absolute Gasteiger partial charge is 0.254 e. The number of piperidine rings is 1. The zero-order chi connectivity index (χ0) is 18.1. The zero-order valence-corrected chi connectivity index (χ0v) is 15.8. The van der Waals surface area contributed by atoms with Gasteiger partial charge in [-0.1, -0.05) is 17.3 Å². The SMILES string of the molecule is Cc1noc([C@H]2CCCCN2C(=O)c2cccc(-c3sccc3C)c2)n1. The topological polar surface area (TPSA) is 59.2 Å². The normalized spacial score (nSPS) is 17.5. The molecule has 0 bridgehead atoms. The molecule has 1 saturated heterocycles. The largest absolute Gasteiger partial charge is 0.337 e. The van der Waals surface area contributed by atoms with E-state index in [4.69, 9.17) is 4.52 Å². The minimum atomic E-state index is -0.135. The number of hydrogen-bond donors (Lipinski definition) is 0. The van der Waals surface area contributed by atoms with Crippen molar-refractivity contribution in [2.75, 3.05) is 6.54 Å². The van der Waals surface area contributed by atoms with Crippen LogP contribution < -0.4 is 0 Å². The summed E-state index contributed by atoms with van der Waals surface area (Å²) in [6, 6.07) is 9.87. The van der Waals surface area contributed by atoms with Crippen molar-refractivity contribution in [3.8, 4) is 10.4 Å². The Morgan fingerprint density at radius 1 is 1.27 bits per heavy atom. The Morgan fingerprint density at radius 2 is 2.15 bits per heavy atom. The molecule has 5 nitrogen and oxygen atoms in total. The fourth-order valence-corrected chi connectivity index (χ4v) is 4.43. The minimum absolute atomic E-state index is 0.0293. The second-order valence-corrected chi connectivity index (χ2v) is 7.62. The van der Waals surface area contributed by atoms with E-state index in [1.165, 1.54) is 10.4 Å². The summed E-state index contributed by atoms with van der Waals surface area (Å²) in [6.07, 6.45) is 2.92. The molecule has 3 heterocycles. The number of hydrogen-bond acceptors (Lipinski definition) is 5. The Morgan fingerprint density at radius 3 is 2.88 bits per heavy atom. The quantitative estimate of drug-likeness (QED) is 0.668. The van der Waals surface area contributed by atoms with E-state index >= 15 is 0 Å². The summed E-state index contributed by atoms with van der Waals surface area (Å²) < 4.78 is 5.37. The third-order valence-corrected chi connectivity index (χ3v) is 5.89. The maximum Gasteiger partial charge on any atom is 0.254 e. The van der Waals surface area contributed by atoms with E-state index in [2.05, 4.69) is 34.6 Å².